The molecule has 5 aromatic rings. The molecule has 3 aromatic carbocycles. The summed E-state index contributed by atoms with van der Waals surface area (Å²) in [5.74, 6) is 0.898. The van der Waals surface area contributed by atoms with Crippen LogP contribution in [-0.2, 0) is 11.2 Å². The fourth-order valence-corrected chi connectivity index (χ4v) is 4.99. The summed E-state index contributed by atoms with van der Waals surface area (Å²) in [5, 5.41) is 14.9. The predicted octanol–water partition coefficient (Wildman–Crippen LogP) is 5.71. The van der Waals surface area contributed by atoms with Crippen LogP contribution in [0.3, 0.4) is 0 Å². The van der Waals surface area contributed by atoms with Gasteiger partial charge in [-0.3, -0.25) is 9.36 Å². The van der Waals surface area contributed by atoms with E-state index in [1.807, 2.05) is 88.8 Å². The second-order valence-corrected chi connectivity index (χ2v) is 9.27. The molecular formula is C26H21N5OS2. The Bertz CT molecular complexity index is 1370. The molecule has 2 aromatic heterocycles. The molecule has 0 atom stereocenters. The number of para-hydroxylation sites is 1. The number of hydrogen-bond donors (Lipinski definition) is 1. The third kappa shape index (κ3) is 5.24. The maximum Gasteiger partial charge on any atom is 0.236 e. The van der Waals surface area contributed by atoms with Crippen LogP contribution in [0.4, 0.5) is 5.13 Å². The van der Waals surface area contributed by atoms with E-state index >= 15 is 0 Å². The Labute approximate surface area is 205 Å². The first-order chi connectivity index (χ1) is 16.8. The summed E-state index contributed by atoms with van der Waals surface area (Å²) in [7, 11) is 0. The fraction of sp³-hybridized carbons (Fsp3) is 0.0769. The highest BCUT2D eigenvalue weighted by atomic mass is 32.2. The third-order valence-electron chi connectivity index (χ3n) is 5.07. The van der Waals surface area contributed by atoms with Crippen LogP contribution in [0.15, 0.2) is 102 Å². The maximum atomic E-state index is 12.7. The number of carbonyl (C=O) groups excluding carboxylic acids is 1. The second-order valence-electron chi connectivity index (χ2n) is 7.47. The molecule has 1 amide bonds. The molecule has 0 aliphatic carbocycles. The van der Waals surface area contributed by atoms with Crippen LogP contribution in [0.5, 0.6) is 0 Å². The molecule has 0 saturated carbocycles. The van der Waals surface area contributed by atoms with Gasteiger partial charge in [-0.05, 0) is 17.7 Å². The highest BCUT2D eigenvalue weighted by molar-refractivity contribution is 7.99. The standard InChI is InChI=1S/C26H21N5OS2/c32-24(28-25-27-22(17-33-25)20-12-6-2-7-13-20)18-34-26-30-29-23(16-19-10-4-1-5-11-19)31(26)21-14-8-3-9-15-21/h1-15,17H,16,18H2,(H,27,28,32). The van der Waals surface area contributed by atoms with E-state index in [2.05, 4.69) is 32.6 Å². The molecule has 168 valence electrons. The summed E-state index contributed by atoms with van der Waals surface area (Å²) in [5.41, 5.74) is 3.99. The van der Waals surface area contributed by atoms with Crippen LogP contribution in [0.2, 0.25) is 0 Å². The number of hydrogen-bond acceptors (Lipinski definition) is 6. The van der Waals surface area contributed by atoms with Crippen molar-refractivity contribution in [2.75, 3.05) is 11.1 Å². The van der Waals surface area contributed by atoms with Gasteiger partial charge in [-0.2, -0.15) is 0 Å². The average molecular weight is 484 g/mol. The number of nitrogens with one attached hydrogen (secondary N) is 1. The zero-order valence-electron chi connectivity index (χ0n) is 18.2. The topological polar surface area (TPSA) is 72.7 Å². The Morgan fingerprint density at radius 1 is 0.882 bits per heavy atom. The number of amides is 1. The van der Waals surface area contributed by atoms with E-state index in [1.165, 1.54) is 23.1 Å². The van der Waals surface area contributed by atoms with Gasteiger partial charge in [-0.15, -0.1) is 21.5 Å². The molecule has 34 heavy (non-hydrogen) atoms. The Morgan fingerprint density at radius 3 is 2.29 bits per heavy atom. The van der Waals surface area contributed by atoms with Crippen molar-refractivity contribution in [3.8, 4) is 16.9 Å². The van der Waals surface area contributed by atoms with E-state index in [4.69, 9.17) is 0 Å². The molecule has 0 unspecified atom stereocenters. The van der Waals surface area contributed by atoms with Crippen LogP contribution in [0.25, 0.3) is 16.9 Å². The summed E-state index contributed by atoms with van der Waals surface area (Å²) in [6, 6.07) is 30.0. The van der Waals surface area contributed by atoms with Gasteiger partial charge in [-0.25, -0.2) is 4.98 Å². The number of carbonyl (C=O) groups is 1. The van der Waals surface area contributed by atoms with Gasteiger partial charge in [0.05, 0.1) is 11.4 Å². The summed E-state index contributed by atoms with van der Waals surface area (Å²) in [6.07, 6.45) is 0.650. The minimum absolute atomic E-state index is 0.133. The molecule has 0 fully saturated rings. The van der Waals surface area contributed by atoms with Crippen molar-refractivity contribution < 1.29 is 4.79 Å². The van der Waals surface area contributed by atoms with Crippen molar-refractivity contribution in [3.05, 3.63) is 108 Å². The Balaban J connectivity index is 1.29. The lowest BCUT2D eigenvalue weighted by molar-refractivity contribution is -0.113. The molecule has 0 radical (unpaired) electrons. The summed E-state index contributed by atoms with van der Waals surface area (Å²) in [4.78, 5) is 17.2. The van der Waals surface area contributed by atoms with Crippen molar-refractivity contribution in [3.63, 3.8) is 0 Å². The number of anilines is 1. The molecule has 0 saturated heterocycles. The van der Waals surface area contributed by atoms with Gasteiger partial charge < -0.3 is 5.32 Å². The first kappa shape index (κ1) is 22.1. The van der Waals surface area contributed by atoms with Gasteiger partial charge in [0.1, 0.15) is 5.82 Å². The van der Waals surface area contributed by atoms with Crippen molar-refractivity contribution in [2.45, 2.75) is 11.6 Å². The molecule has 2 heterocycles. The summed E-state index contributed by atoms with van der Waals surface area (Å²) < 4.78 is 2.02. The third-order valence-corrected chi connectivity index (χ3v) is 6.76. The predicted molar refractivity (Wildman–Crippen MR) is 138 cm³/mol. The number of rotatable bonds is 8. The van der Waals surface area contributed by atoms with Crippen LogP contribution in [-0.4, -0.2) is 31.4 Å². The zero-order valence-corrected chi connectivity index (χ0v) is 19.8. The van der Waals surface area contributed by atoms with Crippen molar-refractivity contribution in [2.24, 2.45) is 0 Å². The molecule has 8 heteroatoms. The van der Waals surface area contributed by atoms with Crippen LogP contribution < -0.4 is 5.32 Å². The van der Waals surface area contributed by atoms with Crippen LogP contribution in [0, 0.1) is 0 Å². The van der Waals surface area contributed by atoms with Gasteiger partial charge in [0.2, 0.25) is 5.91 Å². The average Bonchev–Trinajstić information content (AvgIpc) is 3.51. The first-order valence-corrected chi connectivity index (χ1v) is 12.6. The minimum atomic E-state index is -0.133. The van der Waals surface area contributed by atoms with Crippen molar-refractivity contribution in [1.29, 1.82) is 0 Å². The lowest BCUT2D eigenvalue weighted by Crippen LogP contribution is -2.14. The Kier molecular flexibility index (Phi) is 6.78. The minimum Gasteiger partial charge on any atom is -0.301 e. The SMILES string of the molecule is O=C(CSc1nnc(Cc2ccccc2)n1-c1ccccc1)Nc1nc(-c2ccccc2)cs1. The molecule has 5 rings (SSSR count). The molecule has 1 N–H and O–H groups in total. The number of thioether (sulfide) groups is 1. The quantitative estimate of drug-likeness (QED) is 0.286. The lowest BCUT2D eigenvalue weighted by Gasteiger charge is -2.10. The van der Waals surface area contributed by atoms with E-state index in [-0.39, 0.29) is 11.7 Å². The molecule has 6 nitrogen and oxygen atoms in total. The van der Waals surface area contributed by atoms with E-state index < -0.39 is 0 Å². The molecule has 0 aliphatic heterocycles. The first-order valence-electron chi connectivity index (χ1n) is 10.7. The zero-order chi connectivity index (χ0) is 23.2. The van der Waals surface area contributed by atoms with E-state index in [9.17, 15) is 4.79 Å². The highest BCUT2D eigenvalue weighted by Gasteiger charge is 2.17. The molecular weight excluding hydrogens is 462 g/mol. The van der Waals surface area contributed by atoms with Crippen molar-refractivity contribution in [1.82, 2.24) is 19.7 Å². The Morgan fingerprint density at radius 2 is 1.56 bits per heavy atom. The van der Waals surface area contributed by atoms with Gasteiger partial charge in [-0.1, -0.05) is 90.6 Å². The van der Waals surface area contributed by atoms with Gasteiger partial charge >= 0.3 is 0 Å². The molecule has 0 aliphatic rings. The highest BCUT2D eigenvalue weighted by Crippen LogP contribution is 2.26. The van der Waals surface area contributed by atoms with E-state index in [1.54, 1.807) is 0 Å². The number of benzene rings is 3. The lowest BCUT2D eigenvalue weighted by atomic mass is 10.1. The van der Waals surface area contributed by atoms with Gasteiger partial charge in [0, 0.05) is 23.1 Å². The maximum absolute atomic E-state index is 12.7. The molecule has 0 bridgehead atoms. The van der Waals surface area contributed by atoms with E-state index in [0.717, 1.165) is 28.3 Å². The summed E-state index contributed by atoms with van der Waals surface area (Å²) in [6.45, 7) is 0. The largest absolute Gasteiger partial charge is 0.301 e. The van der Waals surface area contributed by atoms with Crippen LogP contribution >= 0.6 is 23.1 Å². The Hall–Kier alpha value is -3.75. The number of nitrogens with zero attached hydrogens (tertiary/aromatic N) is 4. The normalized spacial score (nSPS) is 10.8. The smallest absolute Gasteiger partial charge is 0.236 e. The van der Waals surface area contributed by atoms with Crippen LogP contribution in [0.1, 0.15) is 11.4 Å². The van der Waals surface area contributed by atoms with Crippen molar-refractivity contribution >= 4 is 34.1 Å². The second kappa shape index (κ2) is 10.5. The molecule has 0 spiro atoms. The van der Waals surface area contributed by atoms with Gasteiger partial charge in [0.25, 0.3) is 0 Å². The number of thiazole rings is 1. The van der Waals surface area contributed by atoms with E-state index in [0.29, 0.717) is 16.7 Å². The number of aromatic nitrogens is 4. The fourth-order valence-electron chi connectivity index (χ4n) is 3.48. The van der Waals surface area contributed by atoms with Gasteiger partial charge in [0.15, 0.2) is 10.3 Å². The monoisotopic (exact) mass is 483 g/mol. The summed E-state index contributed by atoms with van der Waals surface area (Å²) >= 11 is 2.77.